The Hall–Kier alpha value is -4.22. The summed E-state index contributed by atoms with van der Waals surface area (Å²) in [5.74, 6) is 0. The number of nitrogens with zero attached hydrogens (tertiary/aromatic N) is 1. The van der Waals surface area contributed by atoms with Crippen molar-refractivity contribution in [1.82, 2.24) is 4.57 Å². The third kappa shape index (κ3) is 2.76. The number of fused-ring (bicyclic) bond motifs is 3. The molecular formula is C36H19NS3. The third-order valence-electron chi connectivity index (χ3n) is 8.36. The molecule has 0 aliphatic carbocycles. The third-order valence-corrected chi connectivity index (χ3v) is 11.7. The number of hydrogen-bond acceptors (Lipinski definition) is 3. The van der Waals surface area contributed by atoms with E-state index in [1.807, 2.05) is 34.0 Å². The minimum Gasteiger partial charge on any atom is -0.309 e. The van der Waals surface area contributed by atoms with Crippen LogP contribution in [-0.4, -0.2) is 4.57 Å². The van der Waals surface area contributed by atoms with Crippen LogP contribution in [0.3, 0.4) is 0 Å². The molecular weight excluding hydrogens is 543 g/mol. The van der Waals surface area contributed by atoms with E-state index in [0.29, 0.717) is 0 Å². The zero-order chi connectivity index (χ0) is 25.9. The normalized spacial score (nSPS) is 12.5. The Bertz CT molecular complexity index is 2590. The largest absolute Gasteiger partial charge is 0.309 e. The van der Waals surface area contributed by atoms with Gasteiger partial charge in [-0.15, -0.1) is 34.0 Å². The monoisotopic (exact) mass is 561 g/mol. The van der Waals surface area contributed by atoms with Gasteiger partial charge < -0.3 is 4.57 Å². The molecule has 0 amide bonds. The van der Waals surface area contributed by atoms with E-state index in [9.17, 15) is 0 Å². The fraction of sp³-hybridized carbons (Fsp3) is 0. The molecule has 0 fully saturated rings. The molecule has 0 spiro atoms. The Morgan fingerprint density at radius 2 is 0.975 bits per heavy atom. The van der Waals surface area contributed by atoms with E-state index in [1.54, 1.807) is 0 Å². The van der Waals surface area contributed by atoms with Crippen LogP contribution < -0.4 is 0 Å². The summed E-state index contributed by atoms with van der Waals surface area (Å²) >= 11 is 5.80. The van der Waals surface area contributed by atoms with E-state index in [2.05, 4.69) is 120 Å². The maximum atomic E-state index is 2.43. The molecule has 4 aromatic heterocycles. The molecule has 4 heterocycles. The molecule has 0 atom stereocenters. The number of aromatic nitrogens is 1. The number of para-hydroxylation sites is 2. The van der Waals surface area contributed by atoms with Crippen LogP contribution in [0, 0.1) is 0 Å². The van der Waals surface area contributed by atoms with Gasteiger partial charge in [-0.1, -0.05) is 48.5 Å². The molecule has 0 aliphatic rings. The van der Waals surface area contributed by atoms with E-state index >= 15 is 0 Å². The zero-order valence-electron chi connectivity index (χ0n) is 21.1. The van der Waals surface area contributed by atoms with E-state index in [1.165, 1.54) is 88.4 Å². The van der Waals surface area contributed by atoms with Crippen molar-refractivity contribution in [1.29, 1.82) is 0 Å². The predicted octanol–water partition coefficient (Wildman–Crippen LogP) is 11.8. The van der Waals surface area contributed by atoms with Crippen molar-refractivity contribution in [3.05, 3.63) is 115 Å². The van der Waals surface area contributed by atoms with E-state index in [-0.39, 0.29) is 0 Å². The summed E-state index contributed by atoms with van der Waals surface area (Å²) in [5.41, 5.74) is 6.23. The Morgan fingerprint density at radius 1 is 0.375 bits per heavy atom. The van der Waals surface area contributed by atoms with Gasteiger partial charge in [0.15, 0.2) is 0 Å². The van der Waals surface area contributed by atoms with Gasteiger partial charge in [0.25, 0.3) is 0 Å². The van der Waals surface area contributed by atoms with E-state index in [4.69, 9.17) is 0 Å². The molecule has 0 unspecified atom stereocenters. The second kappa shape index (κ2) is 7.70. The number of hydrogen-bond donors (Lipinski definition) is 0. The first-order valence-corrected chi connectivity index (χ1v) is 15.9. The quantitative estimate of drug-likeness (QED) is 0.198. The molecule has 186 valence electrons. The molecule has 0 saturated carbocycles. The summed E-state index contributed by atoms with van der Waals surface area (Å²) in [6.07, 6.45) is 0. The SMILES string of the molecule is c1ccc(-n2c3ccccc3c3cc(-c4cc5sc6cccc7sc8ccc9sc(c4)c5c9c8c67)ccc32)cc1. The summed E-state index contributed by atoms with van der Waals surface area (Å²) in [4.78, 5) is 0. The van der Waals surface area contributed by atoms with E-state index < -0.39 is 0 Å². The molecule has 10 aromatic rings. The van der Waals surface area contributed by atoms with Crippen molar-refractivity contribution >= 4 is 106 Å². The second-order valence-electron chi connectivity index (χ2n) is 10.5. The van der Waals surface area contributed by atoms with Crippen LogP contribution >= 0.6 is 34.0 Å². The lowest BCUT2D eigenvalue weighted by Crippen LogP contribution is -1.92. The number of benzene rings is 6. The molecule has 0 radical (unpaired) electrons. The summed E-state index contributed by atoms with van der Waals surface area (Å²) in [6, 6.07) is 42.8. The van der Waals surface area contributed by atoms with Gasteiger partial charge in [-0.05, 0) is 77.9 Å². The average molecular weight is 562 g/mol. The van der Waals surface area contributed by atoms with Crippen molar-refractivity contribution in [3.63, 3.8) is 0 Å². The van der Waals surface area contributed by atoms with Gasteiger partial charge >= 0.3 is 0 Å². The van der Waals surface area contributed by atoms with Crippen LogP contribution in [0.1, 0.15) is 0 Å². The molecule has 10 rings (SSSR count). The Kier molecular flexibility index (Phi) is 4.16. The minimum atomic E-state index is 1.19. The molecule has 0 aliphatic heterocycles. The Morgan fingerprint density at radius 3 is 1.73 bits per heavy atom. The number of thiophene rings is 2. The van der Waals surface area contributed by atoms with Crippen LogP contribution in [0.5, 0.6) is 0 Å². The summed E-state index contributed by atoms with van der Waals surface area (Å²) < 4.78 is 10.7. The average Bonchev–Trinajstić information content (AvgIpc) is 3.63. The molecule has 6 aromatic carbocycles. The first-order chi connectivity index (χ1) is 19.8. The van der Waals surface area contributed by atoms with Crippen LogP contribution in [0.2, 0.25) is 0 Å². The molecule has 0 bridgehead atoms. The first-order valence-electron chi connectivity index (χ1n) is 13.4. The zero-order valence-corrected chi connectivity index (χ0v) is 23.6. The van der Waals surface area contributed by atoms with Crippen molar-refractivity contribution in [3.8, 4) is 16.8 Å². The highest BCUT2D eigenvalue weighted by Crippen LogP contribution is 2.50. The van der Waals surface area contributed by atoms with Crippen molar-refractivity contribution < 1.29 is 0 Å². The smallest absolute Gasteiger partial charge is 0.0541 e. The Labute approximate surface area is 241 Å². The fourth-order valence-corrected chi connectivity index (χ4v) is 10.3. The highest BCUT2D eigenvalue weighted by atomic mass is 32.1. The van der Waals surface area contributed by atoms with Gasteiger partial charge in [0.2, 0.25) is 0 Å². The first kappa shape index (κ1) is 21.6. The Balaban J connectivity index is 1.29. The standard InChI is InChI=1S/C36H19NS3/c1-2-7-22(8-3-1)37-25-10-5-4-9-23(25)24-17-20(13-14-26(24)37)21-18-31-34-32(19-21)40-30-16-15-29-35(36(30)34)33-27(38-29)11-6-12-28(33)39-31/h1-19H. The van der Waals surface area contributed by atoms with Gasteiger partial charge in [-0.25, -0.2) is 0 Å². The van der Waals surface area contributed by atoms with Gasteiger partial charge in [0.1, 0.15) is 0 Å². The van der Waals surface area contributed by atoms with Gasteiger partial charge in [-0.3, -0.25) is 0 Å². The fourth-order valence-electron chi connectivity index (χ4n) is 6.69. The van der Waals surface area contributed by atoms with Crippen molar-refractivity contribution in [2.45, 2.75) is 0 Å². The predicted molar refractivity (Wildman–Crippen MR) is 179 cm³/mol. The maximum absolute atomic E-state index is 2.43. The lowest BCUT2D eigenvalue weighted by Gasteiger charge is -2.08. The topological polar surface area (TPSA) is 4.93 Å². The van der Waals surface area contributed by atoms with Crippen LogP contribution in [-0.2, 0) is 0 Å². The lowest BCUT2D eigenvalue weighted by atomic mass is 10.00. The molecule has 1 nitrogen and oxygen atoms in total. The van der Waals surface area contributed by atoms with Crippen LogP contribution in [0.25, 0.3) is 88.4 Å². The molecule has 0 N–H and O–H groups in total. The molecule has 0 saturated heterocycles. The highest BCUT2D eigenvalue weighted by molar-refractivity contribution is 7.31. The molecule has 40 heavy (non-hydrogen) atoms. The minimum absolute atomic E-state index is 1.19. The van der Waals surface area contributed by atoms with Crippen LogP contribution in [0.15, 0.2) is 115 Å². The summed E-state index contributed by atoms with van der Waals surface area (Å²) in [5, 5.41) is 8.34. The van der Waals surface area contributed by atoms with Crippen molar-refractivity contribution in [2.24, 2.45) is 0 Å². The van der Waals surface area contributed by atoms with Gasteiger partial charge in [0.05, 0.1) is 11.0 Å². The highest BCUT2D eigenvalue weighted by Gasteiger charge is 2.20. The van der Waals surface area contributed by atoms with Crippen molar-refractivity contribution in [2.75, 3.05) is 0 Å². The summed E-state index contributed by atoms with van der Waals surface area (Å²) in [6.45, 7) is 0. The maximum Gasteiger partial charge on any atom is 0.0541 e. The van der Waals surface area contributed by atoms with Crippen LogP contribution in [0.4, 0.5) is 0 Å². The molecule has 4 heteroatoms. The summed E-state index contributed by atoms with van der Waals surface area (Å²) in [7, 11) is 0. The van der Waals surface area contributed by atoms with E-state index in [0.717, 1.165) is 0 Å². The second-order valence-corrected chi connectivity index (χ2v) is 13.8. The van der Waals surface area contributed by atoms with Gasteiger partial charge in [-0.2, -0.15) is 0 Å². The van der Waals surface area contributed by atoms with Gasteiger partial charge in [0, 0.05) is 66.2 Å². The number of rotatable bonds is 2. The lowest BCUT2D eigenvalue weighted by molar-refractivity contribution is 1.18.